The van der Waals surface area contributed by atoms with Crippen LogP contribution in [0.1, 0.15) is 18.9 Å². The van der Waals surface area contributed by atoms with E-state index in [4.69, 9.17) is 0 Å². The van der Waals surface area contributed by atoms with Gasteiger partial charge in [-0.1, -0.05) is 6.92 Å². The molecular weight excluding hydrogens is 287 g/mol. The van der Waals surface area contributed by atoms with Gasteiger partial charge in [0, 0.05) is 19.6 Å². The van der Waals surface area contributed by atoms with Crippen molar-refractivity contribution >= 4 is 11.6 Å². The molecule has 2 heterocycles. The molecule has 0 bridgehead atoms. The third kappa shape index (κ3) is 3.76. The zero-order valence-electron chi connectivity index (χ0n) is 11.6. The third-order valence-corrected chi connectivity index (χ3v) is 3.28. The fourth-order valence-electron chi connectivity index (χ4n) is 2.14. The van der Waals surface area contributed by atoms with Gasteiger partial charge in [0.25, 0.3) is 0 Å². The first kappa shape index (κ1) is 15.8. The summed E-state index contributed by atoms with van der Waals surface area (Å²) in [6.07, 6.45) is -5.67. The van der Waals surface area contributed by atoms with Crippen LogP contribution in [-0.2, 0) is 6.18 Å². The predicted molar refractivity (Wildman–Crippen MR) is 72.2 cm³/mol. The molecule has 5 nitrogen and oxygen atoms in total. The number of rotatable bonds is 4. The summed E-state index contributed by atoms with van der Waals surface area (Å²) in [5, 5.41) is 21.9. The van der Waals surface area contributed by atoms with Crippen LogP contribution in [0.15, 0.2) is 12.1 Å². The average Bonchev–Trinajstić information content (AvgIpc) is 2.75. The van der Waals surface area contributed by atoms with Crippen molar-refractivity contribution in [3.05, 3.63) is 17.7 Å². The van der Waals surface area contributed by atoms with Crippen LogP contribution >= 0.6 is 0 Å². The maximum atomic E-state index is 12.9. The molecule has 1 aromatic heterocycles. The van der Waals surface area contributed by atoms with E-state index in [2.05, 4.69) is 10.3 Å². The number of halogens is 3. The summed E-state index contributed by atoms with van der Waals surface area (Å²) in [6.45, 7) is 2.53. The SMILES string of the molecule is CCCNc1cc(C(F)(F)F)cc(N2CC(O)C(O)C2)n1. The van der Waals surface area contributed by atoms with E-state index in [1.807, 2.05) is 6.92 Å². The van der Waals surface area contributed by atoms with Gasteiger partial charge < -0.3 is 20.4 Å². The maximum Gasteiger partial charge on any atom is 0.416 e. The van der Waals surface area contributed by atoms with Crippen molar-refractivity contribution in [2.45, 2.75) is 31.7 Å². The van der Waals surface area contributed by atoms with Crippen LogP contribution in [-0.4, -0.2) is 47.0 Å². The summed E-state index contributed by atoms with van der Waals surface area (Å²) in [6, 6.07) is 1.89. The molecule has 1 aromatic rings. The molecule has 3 N–H and O–H groups in total. The Morgan fingerprint density at radius 3 is 2.43 bits per heavy atom. The minimum Gasteiger partial charge on any atom is -0.389 e. The molecule has 118 valence electrons. The summed E-state index contributed by atoms with van der Waals surface area (Å²) in [7, 11) is 0. The molecule has 1 aliphatic rings. The van der Waals surface area contributed by atoms with E-state index in [9.17, 15) is 23.4 Å². The minimum atomic E-state index is -4.47. The van der Waals surface area contributed by atoms with Crippen LogP contribution in [0.2, 0.25) is 0 Å². The number of β-amino-alcohol motifs (C(OH)–C–C–N with tert-alkyl or cyclic N) is 2. The van der Waals surface area contributed by atoms with Gasteiger partial charge in [0.05, 0.1) is 17.8 Å². The molecule has 0 aromatic carbocycles. The van der Waals surface area contributed by atoms with Crippen LogP contribution < -0.4 is 10.2 Å². The number of aliphatic hydroxyl groups excluding tert-OH is 2. The normalized spacial score (nSPS) is 22.7. The van der Waals surface area contributed by atoms with E-state index in [-0.39, 0.29) is 24.7 Å². The van der Waals surface area contributed by atoms with Crippen molar-refractivity contribution in [3.63, 3.8) is 0 Å². The van der Waals surface area contributed by atoms with E-state index in [0.717, 1.165) is 18.6 Å². The molecule has 1 saturated heterocycles. The Morgan fingerprint density at radius 2 is 1.90 bits per heavy atom. The molecule has 0 radical (unpaired) electrons. The molecule has 1 aliphatic heterocycles. The van der Waals surface area contributed by atoms with E-state index in [1.54, 1.807) is 0 Å². The van der Waals surface area contributed by atoms with Crippen LogP contribution in [0.4, 0.5) is 24.8 Å². The number of hydrogen-bond acceptors (Lipinski definition) is 5. The summed E-state index contributed by atoms with van der Waals surface area (Å²) in [5.74, 6) is 0.233. The monoisotopic (exact) mass is 305 g/mol. The number of pyridine rings is 1. The molecule has 21 heavy (non-hydrogen) atoms. The lowest BCUT2D eigenvalue weighted by Crippen LogP contribution is -2.23. The Labute approximate surface area is 120 Å². The highest BCUT2D eigenvalue weighted by atomic mass is 19.4. The number of nitrogens with one attached hydrogen (secondary N) is 1. The second kappa shape index (κ2) is 6.07. The number of alkyl halides is 3. The van der Waals surface area contributed by atoms with Gasteiger partial charge in [-0.25, -0.2) is 4.98 Å². The van der Waals surface area contributed by atoms with Gasteiger partial charge in [-0.3, -0.25) is 0 Å². The number of nitrogens with zero attached hydrogens (tertiary/aromatic N) is 2. The maximum absolute atomic E-state index is 12.9. The van der Waals surface area contributed by atoms with Crippen molar-refractivity contribution < 1.29 is 23.4 Å². The van der Waals surface area contributed by atoms with Gasteiger partial charge >= 0.3 is 6.18 Å². The first-order valence-corrected chi connectivity index (χ1v) is 6.75. The highest BCUT2D eigenvalue weighted by Crippen LogP contribution is 2.33. The van der Waals surface area contributed by atoms with Gasteiger partial charge in [0.1, 0.15) is 11.6 Å². The quantitative estimate of drug-likeness (QED) is 0.786. The van der Waals surface area contributed by atoms with Gasteiger partial charge in [0.2, 0.25) is 0 Å². The van der Waals surface area contributed by atoms with E-state index >= 15 is 0 Å². The molecule has 1 fully saturated rings. The Balaban J connectivity index is 2.31. The Morgan fingerprint density at radius 1 is 1.29 bits per heavy atom. The molecular formula is C13H18F3N3O2. The Bertz CT molecular complexity index is 486. The Kier molecular flexibility index (Phi) is 4.58. The highest BCUT2D eigenvalue weighted by molar-refractivity contribution is 5.52. The molecule has 2 rings (SSSR count). The largest absolute Gasteiger partial charge is 0.416 e. The van der Waals surface area contributed by atoms with Crippen molar-refractivity contribution in [2.24, 2.45) is 0 Å². The van der Waals surface area contributed by atoms with E-state index in [0.29, 0.717) is 6.54 Å². The first-order valence-electron chi connectivity index (χ1n) is 6.75. The topological polar surface area (TPSA) is 68.6 Å². The van der Waals surface area contributed by atoms with Gasteiger partial charge in [-0.15, -0.1) is 0 Å². The fourth-order valence-corrected chi connectivity index (χ4v) is 2.14. The van der Waals surface area contributed by atoms with Gasteiger partial charge in [0.15, 0.2) is 0 Å². The number of aromatic nitrogens is 1. The summed E-state index contributed by atoms with van der Waals surface area (Å²) in [5.41, 5.74) is -0.804. The molecule has 2 atom stereocenters. The zero-order chi connectivity index (χ0) is 15.6. The van der Waals surface area contributed by atoms with Crippen molar-refractivity contribution in [1.82, 2.24) is 4.98 Å². The van der Waals surface area contributed by atoms with E-state index < -0.39 is 23.9 Å². The molecule has 0 aliphatic carbocycles. The smallest absolute Gasteiger partial charge is 0.389 e. The van der Waals surface area contributed by atoms with Crippen molar-refractivity contribution in [1.29, 1.82) is 0 Å². The number of anilines is 2. The molecule has 2 unspecified atom stereocenters. The number of aliphatic hydroxyl groups is 2. The summed E-state index contributed by atoms with van der Waals surface area (Å²) in [4.78, 5) is 5.57. The summed E-state index contributed by atoms with van der Waals surface area (Å²) >= 11 is 0. The van der Waals surface area contributed by atoms with Crippen molar-refractivity contribution in [2.75, 3.05) is 29.9 Å². The zero-order valence-corrected chi connectivity index (χ0v) is 11.6. The summed E-state index contributed by atoms with van der Waals surface area (Å²) < 4.78 is 38.8. The molecule has 8 heteroatoms. The van der Waals surface area contributed by atoms with Gasteiger partial charge in [-0.05, 0) is 18.6 Å². The van der Waals surface area contributed by atoms with Crippen LogP contribution in [0.5, 0.6) is 0 Å². The standard InChI is InChI=1S/C13H18F3N3O2/c1-2-3-17-11-4-8(13(14,15)16)5-12(18-11)19-6-9(20)10(21)7-19/h4-5,9-10,20-21H,2-3,6-7H2,1H3,(H,17,18). The van der Waals surface area contributed by atoms with Gasteiger partial charge in [-0.2, -0.15) is 13.2 Å². The van der Waals surface area contributed by atoms with E-state index in [1.165, 1.54) is 4.90 Å². The minimum absolute atomic E-state index is 0.0582. The second-order valence-corrected chi connectivity index (χ2v) is 5.06. The van der Waals surface area contributed by atoms with Crippen LogP contribution in [0.25, 0.3) is 0 Å². The third-order valence-electron chi connectivity index (χ3n) is 3.28. The number of hydrogen-bond donors (Lipinski definition) is 3. The lowest BCUT2D eigenvalue weighted by atomic mass is 10.2. The molecule has 0 saturated carbocycles. The van der Waals surface area contributed by atoms with Crippen LogP contribution in [0.3, 0.4) is 0 Å². The molecule has 0 amide bonds. The predicted octanol–water partition coefficient (Wildman–Crippen LogP) is 1.46. The Hall–Kier alpha value is -1.54. The highest BCUT2D eigenvalue weighted by Gasteiger charge is 2.35. The fraction of sp³-hybridized carbons (Fsp3) is 0.615. The van der Waals surface area contributed by atoms with Crippen molar-refractivity contribution in [3.8, 4) is 0 Å². The molecule has 0 spiro atoms. The van der Waals surface area contributed by atoms with Crippen LogP contribution in [0, 0.1) is 0 Å². The lowest BCUT2D eigenvalue weighted by Gasteiger charge is -2.19. The lowest BCUT2D eigenvalue weighted by molar-refractivity contribution is -0.137. The first-order chi connectivity index (χ1) is 9.81. The second-order valence-electron chi connectivity index (χ2n) is 5.06. The average molecular weight is 305 g/mol.